The molecule has 2 aromatic rings. The van der Waals surface area contributed by atoms with Crippen LogP contribution in [0.4, 0.5) is 0 Å². The van der Waals surface area contributed by atoms with Gasteiger partial charge in [0.2, 0.25) is 0 Å². The topological polar surface area (TPSA) is 77.2 Å². The number of nitrogens with one attached hydrogen (secondary N) is 1. The number of carbonyl (C=O) groups excluding carboxylic acids is 1. The molecule has 6 nitrogen and oxygen atoms in total. The summed E-state index contributed by atoms with van der Waals surface area (Å²) in [7, 11) is 0. The van der Waals surface area contributed by atoms with Crippen LogP contribution in [-0.2, 0) is 4.74 Å². The van der Waals surface area contributed by atoms with E-state index >= 15 is 0 Å². The fourth-order valence-electron chi connectivity index (χ4n) is 1.95. The monoisotopic (exact) mass is 289 g/mol. The van der Waals surface area contributed by atoms with Crippen molar-refractivity contribution in [2.45, 2.75) is 20.3 Å². The number of aryl methyl sites for hydroxylation is 1. The number of hydrogen-bond donors (Lipinski definition) is 1. The Morgan fingerprint density at radius 1 is 1.38 bits per heavy atom. The van der Waals surface area contributed by atoms with Gasteiger partial charge in [-0.05, 0) is 32.4 Å². The summed E-state index contributed by atoms with van der Waals surface area (Å²) >= 11 is 0. The minimum Gasteiger partial charge on any atom is -0.382 e. The summed E-state index contributed by atoms with van der Waals surface area (Å²) < 4.78 is 10.5. The lowest BCUT2D eigenvalue weighted by Gasteiger charge is -2.06. The Balaban J connectivity index is 2.06. The molecule has 2 heterocycles. The van der Waals surface area contributed by atoms with Gasteiger partial charge in [0.05, 0.1) is 5.69 Å². The van der Waals surface area contributed by atoms with E-state index in [1.807, 2.05) is 6.92 Å². The molecule has 6 heteroatoms. The van der Waals surface area contributed by atoms with Gasteiger partial charge in [-0.3, -0.25) is 9.78 Å². The van der Waals surface area contributed by atoms with Crippen LogP contribution in [0, 0.1) is 6.92 Å². The van der Waals surface area contributed by atoms with Gasteiger partial charge in [-0.25, -0.2) is 0 Å². The molecule has 112 valence electrons. The quantitative estimate of drug-likeness (QED) is 0.791. The van der Waals surface area contributed by atoms with Gasteiger partial charge >= 0.3 is 0 Å². The van der Waals surface area contributed by atoms with Crippen LogP contribution < -0.4 is 5.32 Å². The summed E-state index contributed by atoms with van der Waals surface area (Å²) in [4.78, 5) is 16.2. The van der Waals surface area contributed by atoms with Gasteiger partial charge in [0.15, 0.2) is 5.76 Å². The van der Waals surface area contributed by atoms with Crippen LogP contribution in [0.1, 0.15) is 29.4 Å². The maximum absolute atomic E-state index is 12.3. The third-order valence-electron chi connectivity index (χ3n) is 2.99. The summed E-state index contributed by atoms with van der Waals surface area (Å²) in [5.41, 5.74) is 1.83. The lowest BCUT2D eigenvalue weighted by atomic mass is 10.1. The van der Waals surface area contributed by atoms with Crippen LogP contribution in [0.2, 0.25) is 0 Å². The molecule has 21 heavy (non-hydrogen) atoms. The summed E-state index contributed by atoms with van der Waals surface area (Å²) in [6.07, 6.45) is 4.07. The number of pyridine rings is 1. The first-order valence-electron chi connectivity index (χ1n) is 6.96. The Bertz CT molecular complexity index is 581. The fourth-order valence-corrected chi connectivity index (χ4v) is 1.95. The van der Waals surface area contributed by atoms with Crippen LogP contribution in [-0.4, -0.2) is 35.8 Å². The standard InChI is InChI=1S/C15H19N3O3/c1-3-20-10-4-7-17-15(19)13-11(2)18-21-14(13)12-5-8-16-9-6-12/h5-6,8-9H,3-4,7,10H2,1-2H3,(H,17,19). The molecule has 0 fully saturated rings. The van der Waals surface area contributed by atoms with E-state index < -0.39 is 0 Å². The Labute approximate surface area is 123 Å². The van der Waals surface area contributed by atoms with Crippen LogP contribution >= 0.6 is 0 Å². The van der Waals surface area contributed by atoms with Gasteiger partial charge in [-0.2, -0.15) is 0 Å². The highest BCUT2D eigenvalue weighted by atomic mass is 16.5. The van der Waals surface area contributed by atoms with Crippen LogP contribution in [0.15, 0.2) is 29.0 Å². The molecule has 0 bridgehead atoms. The van der Waals surface area contributed by atoms with Gasteiger partial charge in [-0.1, -0.05) is 5.16 Å². The number of carbonyl (C=O) groups is 1. The molecule has 0 aliphatic rings. The Hall–Kier alpha value is -2.21. The van der Waals surface area contributed by atoms with Crippen molar-refractivity contribution in [1.29, 1.82) is 0 Å². The highest BCUT2D eigenvalue weighted by Crippen LogP contribution is 2.25. The van der Waals surface area contributed by atoms with Gasteiger partial charge in [0, 0.05) is 37.7 Å². The van der Waals surface area contributed by atoms with Crippen LogP contribution in [0.3, 0.4) is 0 Å². The van der Waals surface area contributed by atoms with E-state index in [0.717, 1.165) is 12.0 Å². The number of amides is 1. The summed E-state index contributed by atoms with van der Waals surface area (Å²) in [5, 5.41) is 6.75. The zero-order valence-electron chi connectivity index (χ0n) is 12.3. The van der Waals surface area contributed by atoms with Crippen molar-refractivity contribution in [1.82, 2.24) is 15.5 Å². The first-order valence-corrected chi connectivity index (χ1v) is 6.96. The maximum Gasteiger partial charge on any atom is 0.257 e. The number of rotatable bonds is 7. The smallest absolute Gasteiger partial charge is 0.257 e. The van der Waals surface area contributed by atoms with E-state index in [0.29, 0.717) is 36.8 Å². The van der Waals surface area contributed by atoms with E-state index in [2.05, 4.69) is 15.5 Å². The highest BCUT2D eigenvalue weighted by Gasteiger charge is 2.21. The summed E-state index contributed by atoms with van der Waals surface area (Å²) in [6, 6.07) is 3.57. The Morgan fingerprint density at radius 3 is 2.86 bits per heavy atom. The van der Waals surface area contributed by atoms with Crippen molar-refractivity contribution < 1.29 is 14.1 Å². The third-order valence-corrected chi connectivity index (χ3v) is 2.99. The van der Waals surface area contributed by atoms with Crippen molar-refractivity contribution >= 4 is 5.91 Å². The van der Waals surface area contributed by atoms with E-state index in [-0.39, 0.29) is 5.91 Å². The molecular formula is C15H19N3O3. The average Bonchev–Trinajstić information content (AvgIpc) is 2.89. The third kappa shape index (κ3) is 3.88. The van der Waals surface area contributed by atoms with Crippen LogP contribution in [0.25, 0.3) is 11.3 Å². The first kappa shape index (κ1) is 15.2. The summed E-state index contributed by atoms with van der Waals surface area (Å²) in [6.45, 7) is 5.57. The van der Waals surface area contributed by atoms with Gasteiger partial charge in [0.25, 0.3) is 5.91 Å². The molecule has 0 aromatic carbocycles. The van der Waals surface area contributed by atoms with E-state index in [1.54, 1.807) is 31.5 Å². The SMILES string of the molecule is CCOCCCNC(=O)c1c(C)noc1-c1ccncc1. The molecule has 2 aromatic heterocycles. The second kappa shape index (κ2) is 7.54. The molecule has 0 atom stereocenters. The Kier molecular flexibility index (Phi) is 5.45. The normalized spacial score (nSPS) is 10.6. The van der Waals surface area contributed by atoms with Crippen molar-refractivity contribution in [3.05, 3.63) is 35.8 Å². The molecule has 0 saturated carbocycles. The second-order valence-corrected chi connectivity index (χ2v) is 4.51. The van der Waals surface area contributed by atoms with Gasteiger partial charge in [-0.15, -0.1) is 0 Å². The zero-order chi connectivity index (χ0) is 15.1. The predicted octanol–water partition coefficient (Wildman–Crippen LogP) is 2.20. The van der Waals surface area contributed by atoms with Crippen molar-refractivity contribution in [2.24, 2.45) is 0 Å². The van der Waals surface area contributed by atoms with Crippen molar-refractivity contribution in [2.75, 3.05) is 19.8 Å². The summed E-state index contributed by atoms with van der Waals surface area (Å²) in [5.74, 6) is 0.286. The van der Waals surface area contributed by atoms with Crippen LogP contribution in [0.5, 0.6) is 0 Å². The first-order chi connectivity index (χ1) is 10.2. The second-order valence-electron chi connectivity index (χ2n) is 4.51. The van der Waals surface area contributed by atoms with Crippen molar-refractivity contribution in [3.8, 4) is 11.3 Å². The molecule has 0 spiro atoms. The average molecular weight is 289 g/mol. The number of hydrogen-bond acceptors (Lipinski definition) is 5. The van der Waals surface area contributed by atoms with E-state index in [1.165, 1.54) is 0 Å². The lowest BCUT2D eigenvalue weighted by Crippen LogP contribution is -2.26. The van der Waals surface area contributed by atoms with Crippen molar-refractivity contribution in [3.63, 3.8) is 0 Å². The molecular weight excluding hydrogens is 270 g/mol. The van der Waals surface area contributed by atoms with Gasteiger partial charge in [0.1, 0.15) is 5.56 Å². The Morgan fingerprint density at radius 2 is 2.14 bits per heavy atom. The highest BCUT2D eigenvalue weighted by molar-refractivity contribution is 6.00. The number of ether oxygens (including phenoxy) is 1. The van der Waals surface area contributed by atoms with E-state index in [4.69, 9.17) is 9.26 Å². The molecule has 1 amide bonds. The fraction of sp³-hybridized carbons (Fsp3) is 0.400. The molecule has 0 aliphatic heterocycles. The number of nitrogens with zero attached hydrogens (tertiary/aromatic N) is 2. The zero-order valence-corrected chi connectivity index (χ0v) is 12.3. The number of aromatic nitrogens is 2. The van der Waals surface area contributed by atoms with E-state index in [9.17, 15) is 4.79 Å². The molecule has 2 rings (SSSR count). The molecule has 0 saturated heterocycles. The maximum atomic E-state index is 12.3. The predicted molar refractivity (Wildman–Crippen MR) is 77.9 cm³/mol. The molecule has 0 radical (unpaired) electrons. The lowest BCUT2D eigenvalue weighted by molar-refractivity contribution is 0.0944. The molecule has 1 N–H and O–H groups in total. The largest absolute Gasteiger partial charge is 0.382 e. The minimum atomic E-state index is -0.183. The van der Waals surface area contributed by atoms with Gasteiger partial charge < -0.3 is 14.6 Å². The minimum absolute atomic E-state index is 0.183. The molecule has 0 aliphatic carbocycles. The molecule has 0 unspecified atom stereocenters.